The summed E-state index contributed by atoms with van der Waals surface area (Å²) in [5.41, 5.74) is 0.925. The van der Waals surface area contributed by atoms with Crippen molar-refractivity contribution in [2.24, 2.45) is 0 Å². The van der Waals surface area contributed by atoms with Crippen LogP contribution >= 0.6 is 23.2 Å². The van der Waals surface area contributed by atoms with Gasteiger partial charge in [0.05, 0.1) is 32.9 Å². The highest BCUT2D eigenvalue weighted by atomic mass is 35.5. The van der Waals surface area contributed by atoms with Gasteiger partial charge in [0.25, 0.3) is 15.9 Å². The average Bonchev–Trinajstić information content (AvgIpc) is 2.76. The maximum atomic E-state index is 12.6. The van der Waals surface area contributed by atoms with Crippen LogP contribution in [0.1, 0.15) is 10.4 Å². The second-order valence-corrected chi connectivity index (χ2v) is 9.30. The van der Waals surface area contributed by atoms with Gasteiger partial charge in [-0.3, -0.25) is 14.3 Å². The van der Waals surface area contributed by atoms with Crippen LogP contribution in [0, 0.1) is 0 Å². The lowest BCUT2D eigenvalue weighted by Crippen LogP contribution is -2.35. The molecule has 10 heteroatoms. The minimum atomic E-state index is -3.89. The summed E-state index contributed by atoms with van der Waals surface area (Å²) in [4.78, 5) is 26.1. The van der Waals surface area contributed by atoms with Crippen LogP contribution in [0.2, 0.25) is 10.0 Å². The van der Waals surface area contributed by atoms with Gasteiger partial charge < -0.3 is 10.2 Å². The summed E-state index contributed by atoms with van der Waals surface area (Å²) in [6, 6.07) is 18.6. The number of rotatable bonds is 7. The Kier molecular flexibility index (Phi) is 7.40. The van der Waals surface area contributed by atoms with Crippen molar-refractivity contribution in [2.45, 2.75) is 4.90 Å². The predicted molar refractivity (Wildman–Crippen MR) is 126 cm³/mol. The Morgan fingerprint density at radius 3 is 1.94 bits per heavy atom. The van der Waals surface area contributed by atoms with Gasteiger partial charge in [0.15, 0.2) is 0 Å². The first kappa shape index (κ1) is 23.6. The number of nitrogens with one attached hydrogen (secondary N) is 2. The van der Waals surface area contributed by atoms with Gasteiger partial charge in [-0.05, 0) is 48.5 Å². The van der Waals surface area contributed by atoms with Crippen molar-refractivity contribution in [3.05, 3.63) is 88.4 Å². The van der Waals surface area contributed by atoms with Gasteiger partial charge >= 0.3 is 0 Å². The molecule has 0 saturated heterocycles. The van der Waals surface area contributed by atoms with Crippen molar-refractivity contribution >= 4 is 56.4 Å². The lowest BCUT2D eigenvalue weighted by atomic mass is 10.2. The standard InChI is InChI=1S/C22H19Cl2N3O4S/c1-27(14-21(28)25-19-8-4-2-6-17(19)23)22(29)15-10-12-16(13-11-15)32(30,31)26-20-9-5-3-7-18(20)24/h2-13,26H,14H2,1H3,(H,25,28). The third-order valence-corrected chi connectivity index (χ3v) is 6.45. The van der Waals surface area contributed by atoms with Gasteiger partial charge in [0.1, 0.15) is 0 Å². The topological polar surface area (TPSA) is 95.6 Å². The number of halogens is 2. The van der Waals surface area contributed by atoms with Crippen molar-refractivity contribution in [1.29, 1.82) is 0 Å². The molecule has 2 N–H and O–H groups in total. The van der Waals surface area contributed by atoms with Crippen LogP contribution in [0.25, 0.3) is 0 Å². The van der Waals surface area contributed by atoms with E-state index >= 15 is 0 Å². The summed E-state index contributed by atoms with van der Waals surface area (Å²) in [7, 11) is -2.42. The molecule has 3 rings (SSSR count). The lowest BCUT2D eigenvalue weighted by Gasteiger charge is -2.17. The molecule has 0 saturated carbocycles. The van der Waals surface area contributed by atoms with Crippen LogP contribution < -0.4 is 10.0 Å². The molecule has 166 valence electrons. The van der Waals surface area contributed by atoms with E-state index in [9.17, 15) is 18.0 Å². The number of hydrogen-bond acceptors (Lipinski definition) is 4. The number of hydrogen-bond donors (Lipinski definition) is 2. The lowest BCUT2D eigenvalue weighted by molar-refractivity contribution is -0.116. The molecule has 0 fully saturated rings. The van der Waals surface area contributed by atoms with Crippen molar-refractivity contribution in [3.8, 4) is 0 Å². The van der Waals surface area contributed by atoms with E-state index < -0.39 is 21.8 Å². The molecule has 2 amide bonds. The van der Waals surface area contributed by atoms with E-state index in [1.165, 1.54) is 36.2 Å². The molecular formula is C22H19Cl2N3O4S. The number of anilines is 2. The first-order valence-electron chi connectivity index (χ1n) is 9.34. The Morgan fingerprint density at radius 1 is 0.844 bits per heavy atom. The molecule has 0 heterocycles. The van der Waals surface area contributed by atoms with Crippen molar-refractivity contribution in [2.75, 3.05) is 23.6 Å². The molecule has 0 atom stereocenters. The van der Waals surface area contributed by atoms with E-state index in [2.05, 4.69) is 10.0 Å². The average molecular weight is 492 g/mol. The fourth-order valence-electron chi connectivity index (χ4n) is 2.78. The first-order chi connectivity index (χ1) is 15.2. The highest BCUT2D eigenvalue weighted by Crippen LogP contribution is 2.24. The summed E-state index contributed by atoms with van der Waals surface area (Å²) in [5.74, 6) is -0.862. The highest BCUT2D eigenvalue weighted by molar-refractivity contribution is 7.92. The Bertz CT molecular complexity index is 1250. The third kappa shape index (κ3) is 5.79. The monoisotopic (exact) mass is 491 g/mol. The Hall–Kier alpha value is -3.07. The van der Waals surface area contributed by atoms with E-state index in [-0.39, 0.29) is 27.7 Å². The molecule has 0 aliphatic heterocycles. The maximum Gasteiger partial charge on any atom is 0.261 e. The molecule has 7 nitrogen and oxygen atoms in total. The van der Waals surface area contributed by atoms with E-state index in [0.717, 1.165) is 0 Å². The Morgan fingerprint density at radius 2 is 1.38 bits per heavy atom. The molecule has 0 aliphatic carbocycles. The maximum absolute atomic E-state index is 12.6. The number of sulfonamides is 1. The number of benzene rings is 3. The molecule has 32 heavy (non-hydrogen) atoms. The zero-order chi connectivity index (χ0) is 23.3. The summed E-state index contributed by atoms with van der Waals surface area (Å²) >= 11 is 12.0. The van der Waals surface area contributed by atoms with Crippen LogP contribution in [0.4, 0.5) is 11.4 Å². The second-order valence-electron chi connectivity index (χ2n) is 6.80. The molecule has 0 bridgehead atoms. The number of amides is 2. The molecule has 3 aromatic rings. The van der Waals surface area contributed by atoms with Gasteiger partial charge in [-0.2, -0.15) is 0 Å². The molecule has 0 spiro atoms. The van der Waals surface area contributed by atoms with E-state index in [1.54, 1.807) is 48.5 Å². The third-order valence-electron chi connectivity index (χ3n) is 4.41. The minimum absolute atomic E-state index is 0.0342. The van der Waals surface area contributed by atoms with Gasteiger partial charge in [-0.1, -0.05) is 47.5 Å². The number of para-hydroxylation sites is 2. The van der Waals surface area contributed by atoms with Crippen LogP contribution in [0.15, 0.2) is 77.7 Å². The largest absolute Gasteiger partial charge is 0.332 e. The summed E-state index contributed by atoms with van der Waals surface area (Å²) < 4.78 is 27.6. The quantitative estimate of drug-likeness (QED) is 0.508. The minimum Gasteiger partial charge on any atom is -0.332 e. The second kappa shape index (κ2) is 10.0. The Labute approximate surface area is 196 Å². The van der Waals surface area contributed by atoms with Crippen LogP contribution in [0.5, 0.6) is 0 Å². The summed E-state index contributed by atoms with van der Waals surface area (Å²) in [6.45, 7) is -0.210. The van der Waals surface area contributed by atoms with Gasteiger partial charge in [0.2, 0.25) is 5.91 Å². The van der Waals surface area contributed by atoms with E-state index in [0.29, 0.717) is 10.7 Å². The van der Waals surface area contributed by atoms with Crippen molar-refractivity contribution < 1.29 is 18.0 Å². The molecule has 0 unspecified atom stereocenters. The number of carbonyl (C=O) groups is 2. The SMILES string of the molecule is CN(CC(=O)Nc1ccccc1Cl)C(=O)c1ccc(S(=O)(=O)Nc2ccccc2Cl)cc1. The first-order valence-corrected chi connectivity index (χ1v) is 11.6. The fraction of sp³-hybridized carbons (Fsp3) is 0.0909. The molecule has 0 aromatic heterocycles. The highest BCUT2D eigenvalue weighted by Gasteiger charge is 2.19. The molecule has 0 radical (unpaired) electrons. The van der Waals surface area contributed by atoms with Gasteiger partial charge in [-0.25, -0.2) is 8.42 Å². The van der Waals surface area contributed by atoms with E-state index in [4.69, 9.17) is 23.2 Å². The van der Waals surface area contributed by atoms with Crippen LogP contribution in [-0.4, -0.2) is 38.7 Å². The van der Waals surface area contributed by atoms with E-state index in [1.807, 2.05) is 0 Å². The van der Waals surface area contributed by atoms with Crippen molar-refractivity contribution in [3.63, 3.8) is 0 Å². The smallest absolute Gasteiger partial charge is 0.261 e. The molecular weight excluding hydrogens is 473 g/mol. The van der Waals surface area contributed by atoms with Gasteiger partial charge in [0, 0.05) is 12.6 Å². The number of likely N-dealkylation sites (N-methyl/N-ethyl adjacent to an activating group) is 1. The fourth-order valence-corrected chi connectivity index (χ4v) is 4.29. The number of nitrogens with zero attached hydrogens (tertiary/aromatic N) is 1. The van der Waals surface area contributed by atoms with Crippen LogP contribution in [-0.2, 0) is 14.8 Å². The summed E-state index contributed by atoms with van der Waals surface area (Å²) in [6.07, 6.45) is 0. The van der Waals surface area contributed by atoms with Crippen molar-refractivity contribution in [1.82, 2.24) is 4.90 Å². The zero-order valence-electron chi connectivity index (χ0n) is 16.9. The normalized spacial score (nSPS) is 11.0. The Balaban J connectivity index is 1.65. The van der Waals surface area contributed by atoms with Crippen LogP contribution in [0.3, 0.4) is 0 Å². The van der Waals surface area contributed by atoms with Gasteiger partial charge in [-0.15, -0.1) is 0 Å². The predicted octanol–water partition coefficient (Wildman–Crippen LogP) is 4.50. The molecule has 3 aromatic carbocycles. The zero-order valence-corrected chi connectivity index (χ0v) is 19.2. The molecule has 0 aliphatic rings. The summed E-state index contributed by atoms with van der Waals surface area (Å²) in [5, 5.41) is 3.29. The number of carbonyl (C=O) groups excluding carboxylic acids is 2.